The van der Waals surface area contributed by atoms with Crippen molar-refractivity contribution in [3.05, 3.63) is 75.8 Å². The highest BCUT2D eigenvalue weighted by molar-refractivity contribution is 5.80. The molecule has 4 rings (SSSR count). The van der Waals surface area contributed by atoms with Gasteiger partial charge in [-0.1, -0.05) is 18.2 Å². The van der Waals surface area contributed by atoms with Crippen LogP contribution in [0.15, 0.2) is 53.3 Å². The number of H-pyrrole nitrogens is 1. The van der Waals surface area contributed by atoms with Crippen molar-refractivity contribution in [2.75, 3.05) is 21.3 Å². The first-order valence-electron chi connectivity index (χ1n) is 9.50. The SMILES string of the molecule is COc1ccc(-c2c(C)[nH]n3c(=O)cc(Cc4ccc(OC)c(OC)c4)nc23)cc1. The topological polar surface area (TPSA) is 77.9 Å². The third-order valence-corrected chi connectivity index (χ3v) is 5.06. The van der Waals surface area contributed by atoms with E-state index in [9.17, 15) is 4.79 Å². The molecule has 0 aliphatic rings. The average Bonchev–Trinajstić information content (AvgIpc) is 3.10. The van der Waals surface area contributed by atoms with Crippen LogP contribution in [0.25, 0.3) is 16.8 Å². The second kappa shape index (κ2) is 7.94. The lowest BCUT2D eigenvalue weighted by Crippen LogP contribution is -2.16. The van der Waals surface area contributed by atoms with Crippen molar-refractivity contribution in [3.63, 3.8) is 0 Å². The molecule has 4 aromatic rings. The van der Waals surface area contributed by atoms with Gasteiger partial charge in [-0.3, -0.25) is 9.89 Å². The smallest absolute Gasteiger partial charge is 0.272 e. The van der Waals surface area contributed by atoms with Gasteiger partial charge in [-0.05, 0) is 42.3 Å². The van der Waals surface area contributed by atoms with E-state index in [-0.39, 0.29) is 5.56 Å². The number of ether oxygens (including phenoxy) is 3. The number of aromatic amines is 1. The summed E-state index contributed by atoms with van der Waals surface area (Å²) in [5.74, 6) is 2.08. The van der Waals surface area contributed by atoms with Crippen LogP contribution in [0.2, 0.25) is 0 Å². The summed E-state index contributed by atoms with van der Waals surface area (Å²) in [6.45, 7) is 1.93. The number of rotatable bonds is 6. The normalized spacial score (nSPS) is 10.9. The van der Waals surface area contributed by atoms with Gasteiger partial charge in [0, 0.05) is 23.7 Å². The lowest BCUT2D eigenvalue weighted by molar-refractivity contribution is 0.354. The summed E-state index contributed by atoms with van der Waals surface area (Å²) in [5, 5.41) is 3.12. The summed E-state index contributed by atoms with van der Waals surface area (Å²) >= 11 is 0. The van der Waals surface area contributed by atoms with E-state index in [4.69, 9.17) is 19.2 Å². The third kappa shape index (κ3) is 3.50. The lowest BCUT2D eigenvalue weighted by atomic mass is 10.1. The zero-order valence-electron chi connectivity index (χ0n) is 17.4. The third-order valence-electron chi connectivity index (χ3n) is 5.06. The van der Waals surface area contributed by atoms with E-state index in [1.54, 1.807) is 27.4 Å². The van der Waals surface area contributed by atoms with Gasteiger partial charge in [-0.15, -0.1) is 0 Å². The van der Waals surface area contributed by atoms with Crippen molar-refractivity contribution >= 4 is 5.65 Å². The average molecular weight is 405 g/mol. The molecule has 2 heterocycles. The van der Waals surface area contributed by atoms with Crippen molar-refractivity contribution in [1.82, 2.24) is 14.6 Å². The predicted molar refractivity (Wildman–Crippen MR) is 115 cm³/mol. The number of fused-ring (bicyclic) bond motifs is 1. The molecule has 0 saturated carbocycles. The monoisotopic (exact) mass is 405 g/mol. The molecule has 30 heavy (non-hydrogen) atoms. The van der Waals surface area contributed by atoms with Gasteiger partial charge in [0.1, 0.15) is 5.75 Å². The number of aryl methyl sites for hydroxylation is 1. The zero-order valence-corrected chi connectivity index (χ0v) is 17.4. The van der Waals surface area contributed by atoms with Crippen molar-refractivity contribution in [1.29, 1.82) is 0 Å². The quantitative estimate of drug-likeness (QED) is 0.530. The number of benzene rings is 2. The Morgan fingerprint density at radius 2 is 1.67 bits per heavy atom. The van der Waals surface area contributed by atoms with Crippen molar-refractivity contribution in [2.45, 2.75) is 13.3 Å². The largest absolute Gasteiger partial charge is 0.497 e. The highest BCUT2D eigenvalue weighted by atomic mass is 16.5. The van der Waals surface area contributed by atoms with Gasteiger partial charge in [0.05, 0.1) is 27.0 Å². The fourth-order valence-corrected chi connectivity index (χ4v) is 3.59. The first-order valence-corrected chi connectivity index (χ1v) is 9.50. The molecule has 0 amide bonds. The van der Waals surface area contributed by atoms with Gasteiger partial charge < -0.3 is 14.2 Å². The molecular formula is C23H23N3O4. The molecule has 2 aromatic heterocycles. The van der Waals surface area contributed by atoms with Crippen molar-refractivity contribution in [2.24, 2.45) is 0 Å². The van der Waals surface area contributed by atoms with Crippen LogP contribution in [0.4, 0.5) is 0 Å². The summed E-state index contributed by atoms with van der Waals surface area (Å²) in [7, 11) is 4.83. The highest BCUT2D eigenvalue weighted by Crippen LogP contribution is 2.30. The molecule has 7 heteroatoms. The minimum Gasteiger partial charge on any atom is -0.497 e. The Morgan fingerprint density at radius 1 is 0.933 bits per heavy atom. The Labute approximate surface area is 173 Å². The molecular weight excluding hydrogens is 382 g/mol. The van der Waals surface area contributed by atoms with Gasteiger partial charge in [0.25, 0.3) is 5.56 Å². The van der Waals surface area contributed by atoms with E-state index >= 15 is 0 Å². The number of nitrogens with zero attached hydrogens (tertiary/aromatic N) is 2. The Balaban J connectivity index is 1.78. The zero-order chi connectivity index (χ0) is 21.3. The predicted octanol–water partition coefficient (Wildman–Crippen LogP) is 3.61. The molecule has 154 valence electrons. The number of hydrogen-bond acceptors (Lipinski definition) is 5. The summed E-state index contributed by atoms with van der Waals surface area (Å²) in [4.78, 5) is 17.5. The second-order valence-corrected chi connectivity index (χ2v) is 6.95. The number of hydrogen-bond donors (Lipinski definition) is 1. The maximum Gasteiger partial charge on any atom is 0.272 e. The molecule has 0 fully saturated rings. The van der Waals surface area contributed by atoms with Crippen LogP contribution in [0.5, 0.6) is 17.2 Å². The minimum absolute atomic E-state index is 0.154. The lowest BCUT2D eigenvalue weighted by Gasteiger charge is -2.09. The fraction of sp³-hybridized carbons (Fsp3) is 0.217. The summed E-state index contributed by atoms with van der Waals surface area (Å²) in [5.41, 5.74) is 4.82. The number of aromatic nitrogens is 3. The van der Waals surface area contributed by atoms with Gasteiger partial charge in [-0.25, -0.2) is 9.50 Å². The molecule has 0 aliphatic carbocycles. The van der Waals surface area contributed by atoms with Crippen LogP contribution in [0.1, 0.15) is 17.0 Å². The fourth-order valence-electron chi connectivity index (χ4n) is 3.59. The van der Waals surface area contributed by atoms with E-state index in [0.29, 0.717) is 29.3 Å². The molecule has 2 aromatic carbocycles. The van der Waals surface area contributed by atoms with E-state index in [0.717, 1.165) is 28.1 Å². The molecule has 7 nitrogen and oxygen atoms in total. The van der Waals surface area contributed by atoms with Gasteiger partial charge in [0.2, 0.25) is 0 Å². The van der Waals surface area contributed by atoms with Crippen molar-refractivity contribution < 1.29 is 14.2 Å². The summed E-state index contributed by atoms with van der Waals surface area (Å²) < 4.78 is 17.4. The molecule has 0 spiro atoms. The number of methoxy groups -OCH3 is 3. The summed E-state index contributed by atoms with van der Waals surface area (Å²) in [6.07, 6.45) is 0.498. The Kier molecular flexibility index (Phi) is 5.18. The standard InChI is InChI=1S/C23H23N3O4/c1-14-22(16-6-8-18(28-2)9-7-16)23-24-17(13-21(27)26(23)25-14)11-15-5-10-19(29-3)20(12-15)30-4/h5-10,12-13,25H,11H2,1-4H3. The summed E-state index contributed by atoms with van der Waals surface area (Å²) in [6, 6.07) is 14.9. The second-order valence-electron chi connectivity index (χ2n) is 6.95. The van der Waals surface area contributed by atoms with E-state index < -0.39 is 0 Å². The van der Waals surface area contributed by atoms with Gasteiger partial charge in [0.15, 0.2) is 17.1 Å². The van der Waals surface area contributed by atoms with Crippen LogP contribution in [0.3, 0.4) is 0 Å². The molecule has 0 saturated heterocycles. The van der Waals surface area contributed by atoms with Crippen LogP contribution in [0, 0.1) is 6.92 Å². The number of nitrogens with one attached hydrogen (secondary N) is 1. The van der Waals surface area contributed by atoms with Crippen LogP contribution >= 0.6 is 0 Å². The van der Waals surface area contributed by atoms with E-state index in [1.165, 1.54) is 4.52 Å². The molecule has 0 atom stereocenters. The molecule has 0 bridgehead atoms. The first-order chi connectivity index (χ1) is 14.5. The van der Waals surface area contributed by atoms with E-state index in [2.05, 4.69) is 5.10 Å². The van der Waals surface area contributed by atoms with Crippen LogP contribution in [-0.2, 0) is 6.42 Å². The molecule has 1 N–H and O–H groups in total. The Bertz CT molecular complexity index is 1260. The van der Waals surface area contributed by atoms with Crippen molar-refractivity contribution in [3.8, 4) is 28.4 Å². The minimum atomic E-state index is -0.154. The maximum atomic E-state index is 12.7. The maximum absolute atomic E-state index is 12.7. The Morgan fingerprint density at radius 3 is 2.33 bits per heavy atom. The van der Waals surface area contributed by atoms with Gasteiger partial charge in [-0.2, -0.15) is 0 Å². The molecule has 0 unspecified atom stereocenters. The van der Waals surface area contributed by atoms with Crippen LogP contribution < -0.4 is 19.8 Å². The van der Waals surface area contributed by atoms with Gasteiger partial charge >= 0.3 is 0 Å². The first kappa shape index (κ1) is 19.6. The highest BCUT2D eigenvalue weighted by Gasteiger charge is 2.15. The van der Waals surface area contributed by atoms with E-state index in [1.807, 2.05) is 49.4 Å². The molecule has 0 radical (unpaired) electrons. The van der Waals surface area contributed by atoms with Crippen LogP contribution in [-0.4, -0.2) is 35.9 Å². The molecule has 0 aliphatic heterocycles. The Hall–Kier alpha value is -3.74.